The van der Waals surface area contributed by atoms with Gasteiger partial charge in [-0.3, -0.25) is 4.79 Å². The van der Waals surface area contributed by atoms with E-state index in [0.29, 0.717) is 23.4 Å². The Bertz CT molecular complexity index is 572. The highest BCUT2D eigenvalue weighted by Gasteiger charge is 2.43. The molecule has 20 heavy (non-hydrogen) atoms. The first-order valence-corrected chi connectivity index (χ1v) is 7.22. The Balaban J connectivity index is 2.02. The summed E-state index contributed by atoms with van der Waals surface area (Å²) >= 11 is 0. The zero-order valence-corrected chi connectivity index (χ0v) is 12.5. The number of nitrogens with zero attached hydrogens (tertiary/aromatic N) is 1. The molecule has 2 heterocycles. The van der Waals surface area contributed by atoms with Gasteiger partial charge in [0.25, 0.3) is 0 Å². The molecule has 1 saturated heterocycles. The lowest BCUT2D eigenvalue weighted by atomic mass is 9.81. The van der Waals surface area contributed by atoms with E-state index >= 15 is 0 Å². The van der Waals surface area contributed by atoms with Gasteiger partial charge in [0.05, 0.1) is 17.7 Å². The Morgan fingerprint density at radius 3 is 2.60 bits per heavy atom. The maximum absolute atomic E-state index is 12.5. The van der Waals surface area contributed by atoms with Crippen LogP contribution in [0.3, 0.4) is 0 Å². The molecule has 0 saturated carbocycles. The summed E-state index contributed by atoms with van der Waals surface area (Å²) in [4.78, 5) is 14.8. The summed E-state index contributed by atoms with van der Waals surface area (Å²) in [6.07, 6.45) is 2.26. The second-order valence-corrected chi connectivity index (χ2v) is 6.30. The molecule has 108 valence electrons. The van der Waals surface area contributed by atoms with Crippen LogP contribution in [0.2, 0.25) is 0 Å². The van der Waals surface area contributed by atoms with Crippen molar-refractivity contribution in [3.63, 3.8) is 0 Å². The summed E-state index contributed by atoms with van der Waals surface area (Å²) in [6, 6.07) is 1.92. The summed E-state index contributed by atoms with van der Waals surface area (Å²) in [5, 5.41) is 0. The molecule has 1 aromatic carbocycles. The first kappa shape index (κ1) is 13.4. The fraction of sp³-hybridized carbons (Fsp3) is 0.562. The lowest BCUT2D eigenvalue weighted by Gasteiger charge is -2.43. The van der Waals surface area contributed by atoms with Crippen LogP contribution in [-0.4, -0.2) is 36.4 Å². The molecule has 0 amide bonds. The van der Waals surface area contributed by atoms with E-state index in [1.807, 2.05) is 19.9 Å². The van der Waals surface area contributed by atoms with E-state index in [-0.39, 0.29) is 11.4 Å². The number of ether oxygens (including phenoxy) is 1. The molecule has 0 aromatic heterocycles. The van der Waals surface area contributed by atoms with Crippen LogP contribution < -0.4 is 10.5 Å². The van der Waals surface area contributed by atoms with Gasteiger partial charge in [0.2, 0.25) is 0 Å². The molecule has 0 atom stereocenters. The van der Waals surface area contributed by atoms with E-state index in [9.17, 15) is 4.79 Å². The maximum atomic E-state index is 12.5. The van der Waals surface area contributed by atoms with E-state index in [0.717, 1.165) is 37.1 Å². The Kier molecular flexibility index (Phi) is 3.01. The summed E-state index contributed by atoms with van der Waals surface area (Å²) in [6.45, 7) is 5.90. The highest BCUT2D eigenvalue weighted by molar-refractivity contribution is 6.02. The number of hydrogen-bond acceptors (Lipinski definition) is 4. The fourth-order valence-electron chi connectivity index (χ4n) is 3.18. The zero-order chi connectivity index (χ0) is 14.5. The van der Waals surface area contributed by atoms with Crippen LogP contribution in [0, 0.1) is 13.8 Å². The Morgan fingerprint density at radius 2 is 1.95 bits per heavy atom. The van der Waals surface area contributed by atoms with Gasteiger partial charge in [-0.15, -0.1) is 0 Å². The highest BCUT2D eigenvalue weighted by atomic mass is 16.5. The van der Waals surface area contributed by atoms with Crippen molar-refractivity contribution >= 4 is 11.5 Å². The van der Waals surface area contributed by atoms with Crippen molar-refractivity contribution in [3.8, 4) is 5.75 Å². The molecule has 0 aliphatic carbocycles. The van der Waals surface area contributed by atoms with E-state index in [1.54, 1.807) is 0 Å². The number of fused-ring (bicyclic) bond motifs is 1. The van der Waals surface area contributed by atoms with Crippen LogP contribution in [-0.2, 0) is 0 Å². The van der Waals surface area contributed by atoms with Crippen LogP contribution in [0.5, 0.6) is 5.75 Å². The van der Waals surface area contributed by atoms with Crippen LogP contribution in [0.25, 0.3) is 0 Å². The minimum atomic E-state index is -0.341. The zero-order valence-electron chi connectivity index (χ0n) is 12.5. The molecule has 2 aliphatic heterocycles. The summed E-state index contributed by atoms with van der Waals surface area (Å²) < 4.78 is 6.27. The van der Waals surface area contributed by atoms with Crippen molar-refractivity contribution in [1.29, 1.82) is 0 Å². The predicted octanol–water partition coefficient (Wildman–Crippen LogP) is 2.32. The van der Waals surface area contributed by atoms with Crippen molar-refractivity contribution in [2.45, 2.75) is 38.7 Å². The topological polar surface area (TPSA) is 55.6 Å². The quantitative estimate of drug-likeness (QED) is 0.738. The number of benzene rings is 1. The number of aryl methyl sites for hydroxylation is 1. The number of nitrogens with two attached hydrogens (primary N) is 1. The van der Waals surface area contributed by atoms with Crippen molar-refractivity contribution in [2.24, 2.45) is 0 Å². The third kappa shape index (κ3) is 1.99. The van der Waals surface area contributed by atoms with Crippen LogP contribution in [0.15, 0.2) is 6.07 Å². The van der Waals surface area contributed by atoms with Gasteiger partial charge in [-0.2, -0.15) is 0 Å². The average Bonchev–Trinajstić information content (AvgIpc) is 2.42. The normalized spacial score (nSPS) is 21.6. The molecule has 2 aliphatic rings. The van der Waals surface area contributed by atoms with Crippen molar-refractivity contribution < 1.29 is 9.53 Å². The second kappa shape index (κ2) is 4.48. The van der Waals surface area contributed by atoms with Gasteiger partial charge in [-0.1, -0.05) is 0 Å². The number of hydrogen-bond donors (Lipinski definition) is 1. The summed E-state index contributed by atoms with van der Waals surface area (Å²) in [5.74, 6) is 0.791. The van der Waals surface area contributed by atoms with Crippen LogP contribution >= 0.6 is 0 Å². The van der Waals surface area contributed by atoms with E-state index < -0.39 is 0 Å². The van der Waals surface area contributed by atoms with Gasteiger partial charge in [0.1, 0.15) is 5.60 Å². The van der Waals surface area contributed by atoms with Gasteiger partial charge in [-0.05, 0) is 38.1 Å². The molecule has 1 aromatic rings. The number of piperidine rings is 1. The number of likely N-dealkylation sites (tertiary alicyclic amines) is 1. The molecule has 2 N–H and O–H groups in total. The van der Waals surface area contributed by atoms with E-state index in [1.165, 1.54) is 0 Å². The van der Waals surface area contributed by atoms with Crippen molar-refractivity contribution in [3.05, 3.63) is 22.8 Å². The van der Waals surface area contributed by atoms with Crippen molar-refractivity contribution in [1.82, 2.24) is 4.90 Å². The first-order chi connectivity index (χ1) is 9.42. The molecular formula is C16H22N2O2. The SMILES string of the molecule is Cc1cc2c(c(N)c1C)OC1(CCN(C)CC1)CC2=O. The van der Waals surface area contributed by atoms with Gasteiger partial charge in [0.15, 0.2) is 11.5 Å². The Labute approximate surface area is 119 Å². The molecule has 0 unspecified atom stereocenters. The number of anilines is 1. The first-order valence-electron chi connectivity index (χ1n) is 7.22. The largest absolute Gasteiger partial charge is 0.484 e. The summed E-state index contributed by atoms with van der Waals surface area (Å²) in [7, 11) is 2.10. The molecule has 0 bridgehead atoms. The van der Waals surface area contributed by atoms with Gasteiger partial charge < -0.3 is 15.4 Å². The Morgan fingerprint density at radius 1 is 1.30 bits per heavy atom. The third-order valence-electron chi connectivity index (χ3n) is 4.85. The smallest absolute Gasteiger partial charge is 0.170 e. The fourth-order valence-corrected chi connectivity index (χ4v) is 3.18. The molecule has 1 spiro atoms. The second-order valence-electron chi connectivity index (χ2n) is 6.30. The number of ketones is 1. The molecule has 4 nitrogen and oxygen atoms in total. The van der Waals surface area contributed by atoms with E-state index in [4.69, 9.17) is 10.5 Å². The monoisotopic (exact) mass is 274 g/mol. The molecule has 4 heteroatoms. The number of carbonyl (C=O) groups is 1. The lowest BCUT2D eigenvalue weighted by Crippen LogP contribution is -2.50. The van der Waals surface area contributed by atoms with Gasteiger partial charge in [-0.25, -0.2) is 0 Å². The standard InChI is InChI=1S/C16H22N2O2/c1-10-8-12-13(19)9-16(4-6-18(3)7-5-16)20-15(12)14(17)11(10)2/h8H,4-7,9,17H2,1-3H3. The number of rotatable bonds is 0. The van der Waals surface area contributed by atoms with Crippen LogP contribution in [0.4, 0.5) is 5.69 Å². The minimum absolute atomic E-state index is 0.172. The number of Topliss-reactive ketones (excluding diaryl/α,β-unsaturated/α-hetero) is 1. The molecule has 0 radical (unpaired) electrons. The van der Waals surface area contributed by atoms with Crippen LogP contribution in [0.1, 0.15) is 40.7 Å². The molecule has 3 rings (SSSR count). The van der Waals surface area contributed by atoms with Gasteiger partial charge >= 0.3 is 0 Å². The molecular weight excluding hydrogens is 252 g/mol. The maximum Gasteiger partial charge on any atom is 0.170 e. The number of carbonyl (C=O) groups excluding carboxylic acids is 1. The van der Waals surface area contributed by atoms with E-state index in [2.05, 4.69) is 11.9 Å². The minimum Gasteiger partial charge on any atom is -0.484 e. The van der Waals surface area contributed by atoms with Gasteiger partial charge in [0, 0.05) is 25.9 Å². The third-order valence-corrected chi connectivity index (χ3v) is 4.85. The predicted molar refractivity (Wildman–Crippen MR) is 79.4 cm³/mol. The average molecular weight is 274 g/mol. The lowest BCUT2D eigenvalue weighted by molar-refractivity contribution is -0.00315. The Hall–Kier alpha value is -1.55. The van der Waals surface area contributed by atoms with Crippen molar-refractivity contribution in [2.75, 3.05) is 25.9 Å². The highest BCUT2D eigenvalue weighted by Crippen LogP contribution is 2.43. The number of nitrogen functional groups attached to an aromatic ring is 1. The summed E-state index contributed by atoms with van der Waals surface area (Å²) in [5.41, 5.74) is 9.22. The molecule has 1 fully saturated rings.